The Bertz CT molecular complexity index is 531. The quantitative estimate of drug-likeness (QED) is 0.883. The van der Waals surface area contributed by atoms with Crippen molar-refractivity contribution in [2.75, 3.05) is 44.6 Å². The van der Waals surface area contributed by atoms with Crippen LogP contribution in [0.3, 0.4) is 0 Å². The predicted octanol–water partition coefficient (Wildman–Crippen LogP) is 2.16. The number of carbonyl (C=O) groups excluding carboxylic acids is 2. The van der Waals surface area contributed by atoms with E-state index < -0.39 is 0 Å². The van der Waals surface area contributed by atoms with Crippen LogP contribution in [-0.2, 0) is 9.53 Å². The minimum Gasteiger partial charge on any atom is -0.450 e. The van der Waals surface area contributed by atoms with Gasteiger partial charge in [-0.1, -0.05) is 12.1 Å². The van der Waals surface area contributed by atoms with Gasteiger partial charge in [0.05, 0.1) is 13.2 Å². The fraction of sp³-hybridized carbons (Fsp3) is 0.467. The molecule has 1 fully saturated rings. The van der Waals surface area contributed by atoms with Crippen LogP contribution in [-0.4, -0.2) is 61.1 Å². The van der Waals surface area contributed by atoms with Crippen LogP contribution in [0.15, 0.2) is 28.7 Å². The molecule has 0 saturated carbocycles. The van der Waals surface area contributed by atoms with Crippen LogP contribution in [0.5, 0.6) is 0 Å². The maximum Gasteiger partial charge on any atom is 0.409 e. The second-order valence-corrected chi connectivity index (χ2v) is 5.75. The predicted molar refractivity (Wildman–Crippen MR) is 87.8 cm³/mol. The largest absolute Gasteiger partial charge is 0.450 e. The van der Waals surface area contributed by atoms with E-state index in [9.17, 15) is 9.59 Å². The second kappa shape index (κ2) is 8.03. The number of benzene rings is 1. The van der Waals surface area contributed by atoms with Gasteiger partial charge in [0, 0.05) is 36.3 Å². The topological polar surface area (TPSA) is 61.9 Å². The lowest BCUT2D eigenvalue weighted by Gasteiger charge is -2.34. The molecule has 120 valence electrons. The normalized spacial score (nSPS) is 14.6. The number of nitrogens with one attached hydrogen (secondary N) is 1. The van der Waals surface area contributed by atoms with E-state index in [0.717, 1.165) is 10.2 Å². The number of ether oxygens (including phenoxy) is 1. The average molecular weight is 370 g/mol. The first-order valence-corrected chi connectivity index (χ1v) is 8.09. The monoisotopic (exact) mass is 369 g/mol. The summed E-state index contributed by atoms with van der Waals surface area (Å²) >= 11 is 3.44. The third-order valence-corrected chi connectivity index (χ3v) is 4.15. The molecule has 0 radical (unpaired) electrons. The number of rotatable bonds is 4. The summed E-state index contributed by atoms with van der Waals surface area (Å²) in [6.45, 7) is 4.49. The molecule has 1 N–H and O–H groups in total. The van der Waals surface area contributed by atoms with E-state index in [0.29, 0.717) is 32.8 Å². The molecular weight excluding hydrogens is 350 g/mol. The second-order valence-electron chi connectivity index (χ2n) is 4.90. The van der Waals surface area contributed by atoms with E-state index in [-0.39, 0.29) is 18.5 Å². The standard InChI is InChI=1S/C15H20BrN3O3/c1-2-22-15(21)19-9-7-18(8-10-19)14(20)11-17-13-6-4-3-5-12(13)16/h3-6,17H,2,7-11H2,1H3. The Balaban J connectivity index is 1.78. The first kappa shape index (κ1) is 16.6. The summed E-state index contributed by atoms with van der Waals surface area (Å²) in [6.07, 6.45) is -0.305. The van der Waals surface area contributed by atoms with Gasteiger partial charge in [-0.25, -0.2) is 4.79 Å². The van der Waals surface area contributed by atoms with Crippen molar-refractivity contribution < 1.29 is 14.3 Å². The molecule has 1 saturated heterocycles. The summed E-state index contributed by atoms with van der Waals surface area (Å²) in [7, 11) is 0. The van der Waals surface area contributed by atoms with Crippen LogP contribution in [0.25, 0.3) is 0 Å². The summed E-state index contributed by atoms with van der Waals surface area (Å²) in [6, 6.07) is 7.67. The number of halogens is 1. The van der Waals surface area contributed by atoms with E-state index in [1.807, 2.05) is 24.3 Å². The Hall–Kier alpha value is -1.76. The van der Waals surface area contributed by atoms with Crippen LogP contribution in [0.2, 0.25) is 0 Å². The SMILES string of the molecule is CCOC(=O)N1CCN(C(=O)CNc2ccccc2Br)CC1. The third-order valence-electron chi connectivity index (χ3n) is 3.46. The molecule has 2 rings (SSSR count). The number of para-hydroxylation sites is 1. The molecule has 1 aromatic carbocycles. The van der Waals surface area contributed by atoms with Gasteiger partial charge in [-0.05, 0) is 35.0 Å². The third kappa shape index (κ3) is 4.37. The zero-order chi connectivity index (χ0) is 15.9. The van der Waals surface area contributed by atoms with Crippen molar-refractivity contribution >= 4 is 33.6 Å². The summed E-state index contributed by atoms with van der Waals surface area (Å²) in [4.78, 5) is 27.2. The molecule has 7 heteroatoms. The van der Waals surface area contributed by atoms with E-state index in [2.05, 4.69) is 21.2 Å². The zero-order valence-corrected chi connectivity index (χ0v) is 14.1. The van der Waals surface area contributed by atoms with E-state index in [1.54, 1.807) is 16.7 Å². The molecule has 1 aromatic rings. The van der Waals surface area contributed by atoms with Gasteiger partial charge in [-0.15, -0.1) is 0 Å². The van der Waals surface area contributed by atoms with Crippen molar-refractivity contribution in [1.29, 1.82) is 0 Å². The van der Waals surface area contributed by atoms with Crippen molar-refractivity contribution in [3.8, 4) is 0 Å². The Morgan fingerprint density at radius 2 is 1.82 bits per heavy atom. The average Bonchev–Trinajstić information content (AvgIpc) is 2.54. The lowest BCUT2D eigenvalue weighted by Crippen LogP contribution is -2.51. The Kier molecular flexibility index (Phi) is 6.06. The fourth-order valence-electron chi connectivity index (χ4n) is 2.24. The number of nitrogens with zero attached hydrogens (tertiary/aromatic N) is 2. The summed E-state index contributed by atoms with van der Waals surface area (Å²) in [5.74, 6) is 0.0271. The van der Waals surface area contributed by atoms with Crippen LogP contribution < -0.4 is 5.32 Å². The number of carbonyl (C=O) groups is 2. The smallest absolute Gasteiger partial charge is 0.409 e. The molecule has 0 aromatic heterocycles. The van der Waals surface area contributed by atoms with Crippen LogP contribution in [0.4, 0.5) is 10.5 Å². The highest BCUT2D eigenvalue weighted by Gasteiger charge is 2.24. The first-order chi connectivity index (χ1) is 10.6. The van der Waals surface area contributed by atoms with Crippen LogP contribution in [0.1, 0.15) is 6.92 Å². The van der Waals surface area contributed by atoms with Crippen molar-refractivity contribution in [1.82, 2.24) is 9.80 Å². The summed E-state index contributed by atoms with van der Waals surface area (Å²) < 4.78 is 5.89. The number of anilines is 1. The number of amides is 2. The Morgan fingerprint density at radius 1 is 1.18 bits per heavy atom. The highest BCUT2D eigenvalue weighted by molar-refractivity contribution is 9.10. The number of piperazine rings is 1. The molecule has 0 bridgehead atoms. The molecule has 2 amide bonds. The molecule has 6 nitrogen and oxygen atoms in total. The van der Waals surface area contributed by atoms with Crippen molar-refractivity contribution in [2.45, 2.75) is 6.92 Å². The van der Waals surface area contributed by atoms with Gasteiger partial charge < -0.3 is 19.9 Å². The Labute approximate surface area is 138 Å². The highest BCUT2D eigenvalue weighted by atomic mass is 79.9. The zero-order valence-electron chi connectivity index (χ0n) is 12.5. The number of hydrogen-bond acceptors (Lipinski definition) is 4. The van der Waals surface area contributed by atoms with Crippen molar-refractivity contribution in [2.24, 2.45) is 0 Å². The van der Waals surface area contributed by atoms with Gasteiger partial charge in [0.2, 0.25) is 5.91 Å². The molecule has 1 heterocycles. The highest BCUT2D eigenvalue weighted by Crippen LogP contribution is 2.20. The minimum atomic E-state index is -0.305. The Morgan fingerprint density at radius 3 is 2.45 bits per heavy atom. The molecule has 0 spiro atoms. The van der Waals surface area contributed by atoms with Gasteiger partial charge in [-0.2, -0.15) is 0 Å². The fourth-order valence-corrected chi connectivity index (χ4v) is 2.67. The lowest BCUT2D eigenvalue weighted by molar-refractivity contribution is -0.130. The molecule has 1 aliphatic heterocycles. The molecule has 22 heavy (non-hydrogen) atoms. The maximum absolute atomic E-state index is 12.2. The van der Waals surface area contributed by atoms with Crippen LogP contribution in [0, 0.1) is 0 Å². The van der Waals surface area contributed by atoms with Gasteiger partial charge in [0.15, 0.2) is 0 Å². The number of hydrogen-bond donors (Lipinski definition) is 1. The van der Waals surface area contributed by atoms with E-state index >= 15 is 0 Å². The molecule has 0 atom stereocenters. The molecule has 0 aliphatic carbocycles. The van der Waals surface area contributed by atoms with Gasteiger partial charge in [0.25, 0.3) is 0 Å². The minimum absolute atomic E-state index is 0.0271. The summed E-state index contributed by atoms with van der Waals surface area (Å²) in [5, 5.41) is 3.12. The summed E-state index contributed by atoms with van der Waals surface area (Å²) in [5.41, 5.74) is 0.890. The maximum atomic E-state index is 12.2. The van der Waals surface area contributed by atoms with Gasteiger partial charge in [-0.3, -0.25) is 4.79 Å². The van der Waals surface area contributed by atoms with Crippen molar-refractivity contribution in [3.05, 3.63) is 28.7 Å². The molecular formula is C15H20BrN3O3. The lowest BCUT2D eigenvalue weighted by atomic mass is 10.3. The first-order valence-electron chi connectivity index (χ1n) is 7.29. The van der Waals surface area contributed by atoms with E-state index in [1.165, 1.54) is 0 Å². The molecule has 0 unspecified atom stereocenters. The van der Waals surface area contributed by atoms with Gasteiger partial charge in [0.1, 0.15) is 0 Å². The van der Waals surface area contributed by atoms with Gasteiger partial charge >= 0.3 is 6.09 Å². The van der Waals surface area contributed by atoms with E-state index in [4.69, 9.17) is 4.74 Å². The van der Waals surface area contributed by atoms with Crippen molar-refractivity contribution in [3.63, 3.8) is 0 Å². The van der Waals surface area contributed by atoms with Crippen LogP contribution >= 0.6 is 15.9 Å². The molecule has 1 aliphatic rings.